The highest BCUT2D eigenvalue weighted by Gasteiger charge is 2.19. The molecule has 3 aromatic rings. The van der Waals surface area contributed by atoms with Crippen LogP contribution in [0.2, 0.25) is 0 Å². The van der Waals surface area contributed by atoms with E-state index in [0.717, 1.165) is 17.0 Å². The van der Waals surface area contributed by atoms with Gasteiger partial charge in [0, 0.05) is 6.20 Å². The number of amides is 1. The highest BCUT2D eigenvalue weighted by molar-refractivity contribution is 7.18. The number of benzene rings is 1. The summed E-state index contributed by atoms with van der Waals surface area (Å²) in [4.78, 5) is 20.2. The van der Waals surface area contributed by atoms with E-state index in [9.17, 15) is 13.6 Å². The number of thiazole rings is 1. The van der Waals surface area contributed by atoms with Crippen molar-refractivity contribution in [3.8, 4) is 5.75 Å². The number of ether oxygens (including phenoxy) is 1. The standard InChI is InChI=1S/C14H9F2N3O2S/c15-7-3-4-9(12(16)11(7)13(17)20)21-6-10-19-8-2-1-5-18-14(8)22-10/h1-5H,6H2,(H2,17,20). The average Bonchev–Trinajstić information content (AvgIpc) is 2.89. The number of hydrogen-bond donors (Lipinski definition) is 1. The SMILES string of the molecule is NC(=O)c1c(F)ccc(OCc2nc3cccnc3s2)c1F. The number of rotatable bonds is 4. The smallest absolute Gasteiger partial charge is 0.254 e. The molecule has 0 aliphatic carbocycles. The van der Waals surface area contributed by atoms with E-state index >= 15 is 0 Å². The van der Waals surface area contributed by atoms with Crippen LogP contribution in [-0.2, 0) is 6.61 Å². The molecule has 3 rings (SSSR count). The van der Waals surface area contributed by atoms with Crippen molar-refractivity contribution in [3.63, 3.8) is 0 Å². The molecule has 0 saturated heterocycles. The van der Waals surface area contributed by atoms with Crippen LogP contribution in [0.15, 0.2) is 30.5 Å². The van der Waals surface area contributed by atoms with Gasteiger partial charge < -0.3 is 10.5 Å². The first kappa shape index (κ1) is 14.3. The van der Waals surface area contributed by atoms with Crippen molar-refractivity contribution in [2.45, 2.75) is 6.61 Å². The Kier molecular flexibility index (Phi) is 3.68. The molecule has 0 spiro atoms. The molecule has 0 saturated carbocycles. The third-order valence-electron chi connectivity index (χ3n) is 2.86. The van der Waals surface area contributed by atoms with Crippen LogP contribution in [-0.4, -0.2) is 15.9 Å². The second-order valence-corrected chi connectivity index (χ2v) is 5.38. The molecule has 0 atom stereocenters. The molecule has 0 radical (unpaired) electrons. The Morgan fingerprint density at radius 3 is 2.86 bits per heavy atom. The Morgan fingerprint density at radius 2 is 2.14 bits per heavy atom. The van der Waals surface area contributed by atoms with Gasteiger partial charge >= 0.3 is 0 Å². The summed E-state index contributed by atoms with van der Waals surface area (Å²) in [5, 5.41) is 0.582. The zero-order chi connectivity index (χ0) is 15.7. The summed E-state index contributed by atoms with van der Waals surface area (Å²) < 4.78 is 32.6. The lowest BCUT2D eigenvalue weighted by molar-refractivity contribution is 0.0991. The minimum Gasteiger partial charge on any atom is -0.483 e. The van der Waals surface area contributed by atoms with Crippen LogP contribution in [0.5, 0.6) is 5.75 Å². The number of hydrogen-bond acceptors (Lipinski definition) is 5. The van der Waals surface area contributed by atoms with Gasteiger partial charge in [0.05, 0.1) is 0 Å². The van der Waals surface area contributed by atoms with Gasteiger partial charge in [0.2, 0.25) is 0 Å². The van der Waals surface area contributed by atoms with E-state index in [1.807, 2.05) is 0 Å². The summed E-state index contributed by atoms with van der Waals surface area (Å²) >= 11 is 1.30. The number of carbonyl (C=O) groups is 1. The fourth-order valence-corrected chi connectivity index (χ4v) is 2.70. The second kappa shape index (κ2) is 5.64. The lowest BCUT2D eigenvalue weighted by Gasteiger charge is -2.08. The Morgan fingerprint density at radius 1 is 1.32 bits per heavy atom. The molecular formula is C14H9F2N3O2S. The molecule has 5 nitrogen and oxygen atoms in total. The van der Waals surface area contributed by atoms with Crippen LogP contribution in [0.1, 0.15) is 15.4 Å². The lowest BCUT2D eigenvalue weighted by Crippen LogP contribution is -2.16. The number of pyridine rings is 1. The number of aromatic nitrogens is 2. The third kappa shape index (κ3) is 2.60. The highest BCUT2D eigenvalue weighted by atomic mass is 32.1. The van der Waals surface area contributed by atoms with Crippen LogP contribution < -0.4 is 10.5 Å². The number of nitrogens with zero attached hydrogens (tertiary/aromatic N) is 2. The van der Waals surface area contributed by atoms with Crippen molar-refractivity contribution in [2.75, 3.05) is 0 Å². The molecule has 112 valence electrons. The first-order valence-electron chi connectivity index (χ1n) is 6.17. The van der Waals surface area contributed by atoms with Gasteiger partial charge in [0.15, 0.2) is 11.6 Å². The highest BCUT2D eigenvalue weighted by Crippen LogP contribution is 2.25. The predicted octanol–water partition coefficient (Wildman–Crippen LogP) is 2.65. The Labute approximate surface area is 127 Å². The molecule has 0 aliphatic heterocycles. The van der Waals surface area contributed by atoms with Crippen LogP contribution in [0.3, 0.4) is 0 Å². The lowest BCUT2D eigenvalue weighted by atomic mass is 10.2. The van der Waals surface area contributed by atoms with Crippen LogP contribution in [0.25, 0.3) is 10.3 Å². The van der Waals surface area contributed by atoms with Crippen LogP contribution in [0, 0.1) is 11.6 Å². The minimum absolute atomic E-state index is 0.0260. The maximum atomic E-state index is 14.0. The van der Waals surface area contributed by atoms with Crippen molar-refractivity contribution in [1.29, 1.82) is 0 Å². The van der Waals surface area contributed by atoms with Gasteiger partial charge in [-0.1, -0.05) is 11.3 Å². The molecule has 0 unspecified atom stereocenters. The molecule has 1 amide bonds. The normalized spacial score (nSPS) is 10.8. The molecule has 0 fully saturated rings. The summed E-state index contributed by atoms with van der Waals surface area (Å²) in [6, 6.07) is 5.58. The topological polar surface area (TPSA) is 78.1 Å². The molecule has 2 heterocycles. The number of halogens is 2. The van der Waals surface area contributed by atoms with Crippen molar-refractivity contribution >= 4 is 27.6 Å². The molecule has 2 aromatic heterocycles. The fraction of sp³-hybridized carbons (Fsp3) is 0.0714. The van der Waals surface area contributed by atoms with Gasteiger partial charge in [0.1, 0.15) is 33.3 Å². The van der Waals surface area contributed by atoms with Gasteiger partial charge in [0.25, 0.3) is 5.91 Å². The first-order valence-corrected chi connectivity index (χ1v) is 6.99. The Bertz CT molecular complexity index is 833. The van der Waals surface area contributed by atoms with Crippen LogP contribution in [0.4, 0.5) is 8.78 Å². The molecule has 0 bridgehead atoms. The summed E-state index contributed by atoms with van der Waals surface area (Å²) in [6.45, 7) is -0.0260. The molecular weight excluding hydrogens is 312 g/mol. The van der Waals surface area contributed by atoms with E-state index in [-0.39, 0.29) is 12.4 Å². The third-order valence-corrected chi connectivity index (χ3v) is 3.82. The van der Waals surface area contributed by atoms with E-state index in [1.54, 1.807) is 18.3 Å². The van der Waals surface area contributed by atoms with Crippen molar-refractivity contribution < 1.29 is 18.3 Å². The van der Waals surface area contributed by atoms with Gasteiger partial charge in [-0.2, -0.15) is 0 Å². The number of fused-ring (bicyclic) bond motifs is 1. The van der Waals surface area contributed by atoms with E-state index in [0.29, 0.717) is 10.5 Å². The van der Waals surface area contributed by atoms with Crippen molar-refractivity contribution in [1.82, 2.24) is 9.97 Å². The molecule has 1 aromatic carbocycles. The van der Waals surface area contributed by atoms with Crippen LogP contribution >= 0.6 is 11.3 Å². The summed E-state index contributed by atoms with van der Waals surface area (Å²) in [6.07, 6.45) is 1.64. The molecule has 8 heteroatoms. The zero-order valence-electron chi connectivity index (χ0n) is 11.0. The largest absolute Gasteiger partial charge is 0.483 e. The molecule has 0 aliphatic rings. The predicted molar refractivity (Wildman–Crippen MR) is 76.6 cm³/mol. The maximum absolute atomic E-state index is 14.0. The van der Waals surface area contributed by atoms with E-state index in [1.165, 1.54) is 11.3 Å². The summed E-state index contributed by atoms with van der Waals surface area (Å²) in [5.74, 6) is -3.60. The minimum atomic E-state index is -1.19. The molecule has 22 heavy (non-hydrogen) atoms. The number of nitrogens with two attached hydrogens (primary N) is 1. The Hall–Kier alpha value is -2.61. The maximum Gasteiger partial charge on any atom is 0.254 e. The number of carbonyl (C=O) groups excluding carboxylic acids is 1. The molecule has 2 N–H and O–H groups in total. The zero-order valence-corrected chi connectivity index (χ0v) is 11.9. The first-order chi connectivity index (χ1) is 10.6. The van der Waals surface area contributed by atoms with Gasteiger partial charge in [-0.15, -0.1) is 0 Å². The van der Waals surface area contributed by atoms with Gasteiger partial charge in [-0.25, -0.2) is 18.7 Å². The van der Waals surface area contributed by atoms with Crippen molar-refractivity contribution in [2.24, 2.45) is 5.73 Å². The van der Waals surface area contributed by atoms with E-state index in [4.69, 9.17) is 10.5 Å². The van der Waals surface area contributed by atoms with E-state index < -0.39 is 23.1 Å². The Balaban J connectivity index is 1.84. The second-order valence-electron chi connectivity index (χ2n) is 4.32. The van der Waals surface area contributed by atoms with Crippen molar-refractivity contribution in [3.05, 3.63) is 52.7 Å². The van der Waals surface area contributed by atoms with E-state index in [2.05, 4.69) is 9.97 Å². The summed E-state index contributed by atoms with van der Waals surface area (Å²) in [7, 11) is 0. The fourth-order valence-electron chi connectivity index (χ4n) is 1.89. The van der Waals surface area contributed by atoms with Gasteiger partial charge in [-0.3, -0.25) is 4.79 Å². The van der Waals surface area contributed by atoms with Gasteiger partial charge in [-0.05, 0) is 24.3 Å². The monoisotopic (exact) mass is 321 g/mol. The quantitative estimate of drug-likeness (QED) is 0.801. The summed E-state index contributed by atoms with van der Waals surface area (Å²) in [5.41, 5.74) is 4.84. The number of primary amides is 1. The average molecular weight is 321 g/mol.